The molecule has 0 saturated heterocycles. The topological polar surface area (TPSA) is 21.3 Å². The fraction of sp³-hybridized carbons (Fsp3) is 0.647. The Bertz CT molecular complexity index is 351. The van der Waals surface area contributed by atoms with E-state index >= 15 is 0 Å². The minimum atomic E-state index is 0.332. The van der Waals surface area contributed by atoms with Crippen LogP contribution >= 0.6 is 0 Å². The molecular formula is C17H29NO. The summed E-state index contributed by atoms with van der Waals surface area (Å²) in [5.74, 6) is 0.968. The molecule has 1 aromatic rings. The summed E-state index contributed by atoms with van der Waals surface area (Å²) < 4.78 is 5.78. The van der Waals surface area contributed by atoms with Crippen molar-refractivity contribution in [1.29, 1.82) is 0 Å². The average Bonchev–Trinajstić information content (AvgIpc) is 2.35. The van der Waals surface area contributed by atoms with Gasteiger partial charge in [0.25, 0.3) is 0 Å². The summed E-state index contributed by atoms with van der Waals surface area (Å²) in [6.07, 6.45) is 2.24. The lowest BCUT2D eigenvalue weighted by molar-refractivity contribution is 0.243. The van der Waals surface area contributed by atoms with Gasteiger partial charge in [0.1, 0.15) is 5.75 Å². The van der Waals surface area contributed by atoms with Crippen LogP contribution in [0.2, 0.25) is 0 Å². The van der Waals surface area contributed by atoms with E-state index in [4.69, 9.17) is 4.74 Å². The first-order valence-electron chi connectivity index (χ1n) is 7.38. The average molecular weight is 263 g/mol. The largest absolute Gasteiger partial charge is 0.494 e. The van der Waals surface area contributed by atoms with Gasteiger partial charge in [-0.3, -0.25) is 0 Å². The lowest BCUT2D eigenvalue weighted by Gasteiger charge is -2.18. The lowest BCUT2D eigenvalue weighted by Crippen LogP contribution is -2.19. The van der Waals surface area contributed by atoms with Gasteiger partial charge in [-0.05, 0) is 49.4 Å². The molecule has 0 radical (unpaired) electrons. The first-order valence-corrected chi connectivity index (χ1v) is 7.38. The van der Waals surface area contributed by atoms with Crippen molar-refractivity contribution in [3.05, 3.63) is 29.8 Å². The van der Waals surface area contributed by atoms with Crippen LogP contribution in [0.3, 0.4) is 0 Å². The highest BCUT2D eigenvalue weighted by Gasteiger charge is 2.10. The Morgan fingerprint density at radius 3 is 2.32 bits per heavy atom. The van der Waals surface area contributed by atoms with E-state index in [1.54, 1.807) is 0 Å². The normalized spacial score (nSPS) is 13.3. The van der Waals surface area contributed by atoms with E-state index in [9.17, 15) is 0 Å². The quantitative estimate of drug-likeness (QED) is 0.778. The van der Waals surface area contributed by atoms with Gasteiger partial charge >= 0.3 is 0 Å². The third-order valence-electron chi connectivity index (χ3n) is 3.20. The minimum Gasteiger partial charge on any atom is -0.494 e. The third kappa shape index (κ3) is 6.63. The van der Waals surface area contributed by atoms with Gasteiger partial charge in [0.2, 0.25) is 0 Å². The number of hydrogen-bond acceptors (Lipinski definition) is 2. The molecule has 0 amide bonds. The second kappa shape index (κ2) is 7.54. The minimum absolute atomic E-state index is 0.332. The van der Waals surface area contributed by atoms with Crippen LogP contribution in [0.1, 0.15) is 59.1 Å². The zero-order valence-corrected chi connectivity index (χ0v) is 13.1. The summed E-state index contributed by atoms with van der Waals surface area (Å²) in [5.41, 5.74) is 1.65. The van der Waals surface area contributed by atoms with Gasteiger partial charge in [0.05, 0.1) is 6.61 Å². The zero-order valence-electron chi connectivity index (χ0n) is 13.1. The van der Waals surface area contributed by atoms with Crippen molar-refractivity contribution in [2.24, 2.45) is 5.41 Å². The van der Waals surface area contributed by atoms with Gasteiger partial charge in [0, 0.05) is 6.04 Å². The number of benzene rings is 1. The Labute approximate surface area is 118 Å². The number of ether oxygens (including phenoxy) is 1. The van der Waals surface area contributed by atoms with Gasteiger partial charge in [0.15, 0.2) is 0 Å². The van der Waals surface area contributed by atoms with Crippen LogP contribution in [0, 0.1) is 5.41 Å². The summed E-state index contributed by atoms with van der Waals surface area (Å²) in [4.78, 5) is 0. The SMILES string of the molecule is CCCNC(C)c1ccc(OCCC(C)(C)C)cc1. The Kier molecular flexibility index (Phi) is 6.36. The predicted octanol–water partition coefficient (Wildman–Crippen LogP) is 4.56. The van der Waals surface area contributed by atoms with Crippen molar-refractivity contribution in [1.82, 2.24) is 5.32 Å². The molecule has 0 aliphatic heterocycles. The van der Waals surface area contributed by atoms with Crippen molar-refractivity contribution in [3.63, 3.8) is 0 Å². The predicted molar refractivity (Wildman–Crippen MR) is 82.7 cm³/mol. The van der Waals surface area contributed by atoms with E-state index in [-0.39, 0.29) is 0 Å². The summed E-state index contributed by atoms with van der Waals surface area (Å²) in [6.45, 7) is 12.9. The maximum Gasteiger partial charge on any atom is 0.119 e. The molecule has 108 valence electrons. The number of hydrogen-bond donors (Lipinski definition) is 1. The molecule has 0 heterocycles. The Balaban J connectivity index is 2.43. The zero-order chi connectivity index (χ0) is 14.3. The highest BCUT2D eigenvalue weighted by atomic mass is 16.5. The molecule has 0 fully saturated rings. The van der Waals surface area contributed by atoms with Gasteiger partial charge < -0.3 is 10.1 Å². The maximum atomic E-state index is 5.78. The summed E-state index contributed by atoms with van der Waals surface area (Å²) in [7, 11) is 0. The van der Waals surface area contributed by atoms with Crippen LogP contribution in [-0.2, 0) is 0 Å². The fourth-order valence-corrected chi connectivity index (χ4v) is 1.81. The van der Waals surface area contributed by atoms with Crippen LogP contribution in [-0.4, -0.2) is 13.2 Å². The molecule has 0 aliphatic carbocycles. The van der Waals surface area contributed by atoms with E-state index in [0.717, 1.165) is 25.3 Å². The molecule has 0 spiro atoms. The first-order chi connectivity index (χ1) is 8.92. The molecule has 1 aromatic carbocycles. The number of nitrogens with one attached hydrogen (secondary N) is 1. The Morgan fingerprint density at radius 1 is 1.16 bits per heavy atom. The molecule has 2 heteroatoms. The second-order valence-electron chi connectivity index (χ2n) is 6.40. The van der Waals surface area contributed by atoms with Crippen LogP contribution in [0.25, 0.3) is 0 Å². The monoisotopic (exact) mass is 263 g/mol. The van der Waals surface area contributed by atoms with Crippen molar-refractivity contribution in [3.8, 4) is 5.75 Å². The van der Waals surface area contributed by atoms with Crippen LogP contribution in [0.4, 0.5) is 0 Å². The van der Waals surface area contributed by atoms with Crippen molar-refractivity contribution >= 4 is 0 Å². The maximum absolute atomic E-state index is 5.78. The molecule has 0 aliphatic rings. The highest BCUT2D eigenvalue weighted by molar-refractivity contribution is 5.28. The summed E-state index contributed by atoms with van der Waals surface area (Å²) in [5, 5.41) is 3.49. The molecule has 1 rings (SSSR count). The molecule has 0 saturated carbocycles. The molecular weight excluding hydrogens is 234 g/mol. The lowest BCUT2D eigenvalue weighted by atomic mass is 9.93. The summed E-state index contributed by atoms with van der Waals surface area (Å²) in [6, 6.07) is 8.85. The van der Waals surface area contributed by atoms with E-state index in [0.29, 0.717) is 11.5 Å². The first kappa shape index (κ1) is 16.0. The van der Waals surface area contributed by atoms with Crippen molar-refractivity contribution < 1.29 is 4.74 Å². The third-order valence-corrected chi connectivity index (χ3v) is 3.20. The smallest absolute Gasteiger partial charge is 0.119 e. The fourth-order valence-electron chi connectivity index (χ4n) is 1.81. The molecule has 2 nitrogen and oxygen atoms in total. The molecule has 1 N–H and O–H groups in total. The molecule has 1 unspecified atom stereocenters. The standard InChI is InChI=1S/C17H29NO/c1-6-12-18-14(2)15-7-9-16(10-8-15)19-13-11-17(3,4)5/h7-10,14,18H,6,11-13H2,1-5H3. The second-order valence-corrected chi connectivity index (χ2v) is 6.40. The van der Waals surface area contributed by atoms with Gasteiger partial charge in [-0.25, -0.2) is 0 Å². The molecule has 0 aromatic heterocycles. The van der Waals surface area contributed by atoms with E-state index in [1.807, 2.05) is 0 Å². The highest BCUT2D eigenvalue weighted by Crippen LogP contribution is 2.21. The van der Waals surface area contributed by atoms with Crippen molar-refractivity contribution in [2.45, 2.75) is 53.5 Å². The van der Waals surface area contributed by atoms with Crippen LogP contribution in [0.5, 0.6) is 5.75 Å². The van der Waals surface area contributed by atoms with Gasteiger partial charge in [-0.1, -0.05) is 39.8 Å². The Morgan fingerprint density at radius 2 is 1.79 bits per heavy atom. The van der Waals surface area contributed by atoms with E-state index < -0.39 is 0 Å². The van der Waals surface area contributed by atoms with E-state index in [2.05, 4.69) is 64.2 Å². The van der Waals surface area contributed by atoms with Gasteiger partial charge in [-0.15, -0.1) is 0 Å². The molecule has 1 atom stereocenters. The Hall–Kier alpha value is -1.02. The number of rotatable bonds is 7. The molecule has 0 bridgehead atoms. The van der Waals surface area contributed by atoms with E-state index in [1.165, 1.54) is 12.0 Å². The van der Waals surface area contributed by atoms with Crippen LogP contribution < -0.4 is 10.1 Å². The summed E-state index contributed by atoms with van der Waals surface area (Å²) >= 11 is 0. The molecule has 19 heavy (non-hydrogen) atoms. The van der Waals surface area contributed by atoms with Gasteiger partial charge in [-0.2, -0.15) is 0 Å². The van der Waals surface area contributed by atoms with Crippen LogP contribution in [0.15, 0.2) is 24.3 Å². The van der Waals surface area contributed by atoms with Crippen molar-refractivity contribution in [2.75, 3.05) is 13.2 Å².